The molecule has 0 unspecified atom stereocenters. The molecule has 0 heterocycles. The van der Waals surface area contributed by atoms with Crippen molar-refractivity contribution in [2.45, 2.75) is 19.8 Å². The molecule has 0 rings (SSSR count). The molecule has 6 nitrogen and oxygen atoms in total. The van der Waals surface area contributed by atoms with Crippen LogP contribution in [0.1, 0.15) is 19.8 Å². The minimum Gasteiger partial charge on any atom is -0.410 e. The van der Waals surface area contributed by atoms with Crippen LogP contribution in [0.4, 0.5) is 0 Å². The van der Waals surface area contributed by atoms with Crippen LogP contribution in [0.3, 0.4) is 0 Å². The van der Waals surface area contributed by atoms with Gasteiger partial charge in [0.15, 0.2) is 0 Å². The van der Waals surface area contributed by atoms with Gasteiger partial charge in [0.25, 0.3) is 5.91 Å². The van der Waals surface area contributed by atoms with E-state index in [-0.39, 0.29) is 11.6 Å². The molecule has 0 spiro atoms. The molecule has 0 saturated heterocycles. The van der Waals surface area contributed by atoms with Gasteiger partial charge in [0.05, 0.1) is 0 Å². The first-order chi connectivity index (χ1) is 8.07. The third-order valence-corrected chi connectivity index (χ3v) is 2.25. The summed E-state index contributed by atoms with van der Waals surface area (Å²) in [6.45, 7) is 5.00. The van der Waals surface area contributed by atoms with E-state index in [9.17, 15) is 4.79 Å². The summed E-state index contributed by atoms with van der Waals surface area (Å²) in [6.07, 6.45) is 1.99. The second-order valence-corrected chi connectivity index (χ2v) is 4.20. The van der Waals surface area contributed by atoms with Crippen LogP contribution in [0.2, 0.25) is 0 Å². The van der Waals surface area contributed by atoms with Gasteiger partial charge >= 0.3 is 0 Å². The van der Waals surface area contributed by atoms with E-state index in [4.69, 9.17) is 5.21 Å². The lowest BCUT2D eigenvalue weighted by molar-refractivity contribution is -0.114. The molecular formula is C11H24N4O2. The Kier molecular flexibility index (Phi) is 9.37. The van der Waals surface area contributed by atoms with Gasteiger partial charge in [-0.1, -0.05) is 5.16 Å². The number of oxime groups is 1. The molecule has 17 heavy (non-hydrogen) atoms. The van der Waals surface area contributed by atoms with E-state index < -0.39 is 0 Å². The lowest BCUT2D eigenvalue weighted by atomic mass is 10.3. The highest BCUT2D eigenvalue weighted by molar-refractivity contribution is 6.37. The van der Waals surface area contributed by atoms with Crippen molar-refractivity contribution in [3.8, 4) is 0 Å². The fourth-order valence-corrected chi connectivity index (χ4v) is 1.23. The molecule has 0 radical (unpaired) electrons. The molecule has 0 aliphatic rings. The number of nitrogens with zero attached hydrogens (tertiary/aromatic N) is 2. The van der Waals surface area contributed by atoms with Crippen molar-refractivity contribution in [1.82, 2.24) is 15.5 Å². The summed E-state index contributed by atoms with van der Waals surface area (Å²) in [6, 6.07) is 0. The van der Waals surface area contributed by atoms with Crippen molar-refractivity contribution in [2.75, 3.05) is 40.3 Å². The van der Waals surface area contributed by atoms with Gasteiger partial charge in [-0.05, 0) is 53.5 Å². The molecule has 6 heteroatoms. The molecule has 3 N–H and O–H groups in total. The highest BCUT2D eigenvalue weighted by Gasteiger charge is 2.03. The Bertz CT molecular complexity index is 242. The van der Waals surface area contributed by atoms with Crippen LogP contribution >= 0.6 is 0 Å². The maximum Gasteiger partial charge on any atom is 0.268 e. The predicted octanol–water partition coefficient (Wildman–Crippen LogP) is -0.116. The van der Waals surface area contributed by atoms with Crippen LogP contribution in [0, 0.1) is 0 Å². The molecule has 0 aliphatic heterocycles. The van der Waals surface area contributed by atoms with Gasteiger partial charge in [-0.25, -0.2) is 0 Å². The van der Waals surface area contributed by atoms with Crippen molar-refractivity contribution >= 4 is 11.6 Å². The third-order valence-electron chi connectivity index (χ3n) is 2.25. The van der Waals surface area contributed by atoms with Crippen LogP contribution in [0.15, 0.2) is 5.16 Å². The predicted molar refractivity (Wildman–Crippen MR) is 68.6 cm³/mol. The number of amides is 1. The molecule has 0 aromatic rings. The zero-order valence-electron chi connectivity index (χ0n) is 11.0. The lowest BCUT2D eigenvalue weighted by Gasteiger charge is -2.09. The second-order valence-electron chi connectivity index (χ2n) is 4.20. The summed E-state index contributed by atoms with van der Waals surface area (Å²) in [4.78, 5) is 13.3. The first-order valence-electron chi connectivity index (χ1n) is 5.90. The van der Waals surface area contributed by atoms with Gasteiger partial charge in [-0.15, -0.1) is 0 Å². The van der Waals surface area contributed by atoms with E-state index in [0.717, 1.165) is 32.5 Å². The van der Waals surface area contributed by atoms with Crippen LogP contribution in [0.25, 0.3) is 0 Å². The summed E-state index contributed by atoms with van der Waals surface area (Å²) in [7, 11) is 4.11. The molecule has 1 amide bonds. The quantitative estimate of drug-likeness (QED) is 0.229. The summed E-state index contributed by atoms with van der Waals surface area (Å²) in [5, 5.41) is 17.2. The van der Waals surface area contributed by atoms with Gasteiger partial charge in [0.1, 0.15) is 5.71 Å². The monoisotopic (exact) mass is 244 g/mol. The van der Waals surface area contributed by atoms with Gasteiger partial charge < -0.3 is 20.7 Å². The van der Waals surface area contributed by atoms with E-state index in [1.54, 1.807) is 0 Å². The molecule has 0 aliphatic carbocycles. The van der Waals surface area contributed by atoms with Crippen molar-refractivity contribution < 1.29 is 10.0 Å². The molecule has 100 valence electrons. The molecule has 0 atom stereocenters. The number of carbonyl (C=O) groups excluding carboxylic acids is 1. The fourth-order valence-electron chi connectivity index (χ4n) is 1.23. The smallest absolute Gasteiger partial charge is 0.268 e. The Morgan fingerprint density at radius 2 is 1.88 bits per heavy atom. The van der Waals surface area contributed by atoms with Crippen LogP contribution < -0.4 is 10.6 Å². The Hall–Kier alpha value is -1.14. The van der Waals surface area contributed by atoms with E-state index in [2.05, 4.69) is 34.8 Å². The Morgan fingerprint density at radius 1 is 1.24 bits per heavy atom. The SMILES string of the molecule is C/C(=N\O)C(=O)NCCCNCCCN(C)C. The summed E-state index contributed by atoms with van der Waals surface area (Å²) < 4.78 is 0. The van der Waals surface area contributed by atoms with E-state index in [1.165, 1.54) is 6.92 Å². The Morgan fingerprint density at radius 3 is 2.47 bits per heavy atom. The normalized spacial score (nSPS) is 11.9. The van der Waals surface area contributed by atoms with Crippen molar-refractivity contribution in [2.24, 2.45) is 5.16 Å². The molecular weight excluding hydrogens is 220 g/mol. The molecule has 0 aromatic carbocycles. The van der Waals surface area contributed by atoms with Crippen molar-refractivity contribution in [1.29, 1.82) is 0 Å². The highest BCUT2D eigenvalue weighted by atomic mass is 16.4. The third kappa shape index (κ3) is 9.77. The standard InChI is InChI=1S/C11H24N4O2/c1-10(14-17)11(16)13-8-4-6-12-7-5-9-15(2)3/h12,17H,4-9H2,1-3H3,(H,13,16)/b14-10+. The molecule has 0 bridgehead atoms. The van der Waals surface area contributed by atoms with E-state index >= 15 is 0 Å². The highest BCUT2D eigenvalue weighted by Crippen LogP contribution is 1.82. The number of hydrogen-bond acceptors (Lipinski definition) is 5. The van der Waals surface area contributed by atoms with Gasteiger partial charge in [-0.3, -0.25) is 4.79 Å². The van der Waals surface area contributed by atoms with Crippen LogP contribution in [-0.4, -0.2) is 62.0 Å². The van der Waals surface area contributed by atoms with Crippen LogP contribution in [0.5, 0.6) is 0 Å². The van der Waals surface area contributed by atoms with Gasteiger partial charge in [-0.2, -0.15) is 0 Å². The van der Waals surface area contributed by atoms with Gasteiger partial charge in [0, 0.05) is 6.54 Å². The Labute approximate surface area is 103 Å². The minimum absolute atomic E-state index is 0.0870. The lowest BCUT2D eigenvalue weighted by Crippen LogP contribution is -2.32. The van der Waals surface area contributed by atoms with E-state index in [0.29, 0.717) is 6.54 Å². The number of carbonyl (C=O) groups is 1. The number of rotatable bonds is 9. The second kappa shape index (κ2) is 10.0. The van der Waals surface area contributed by atoms with Crippen molar-refractivity contribution in [3.63, 3.8) is 0 Å². The topological polar surface area (TPSA) is 77.0 Å². The maximum absolute atomic E-state index is 11.2. The summed E-state index contributed by atoms with van der Waals surface area (Å²) in [5.74, 6) is -0.319. The summed E-state index contributed by atoms with van der Waals surface area (Å²) >= 11 is 0. The number of hydrogen-bond donors (Lipinski definition) is 3. The number of nitrogens with one attached hydrogen (secondary N) is 2. The molecule has 0 fully saturated rings. The molecule has 0 aromatic heterocycles. The minimum atomic E-state index is -0.319. The fraction of sp³-hybridized carbons (Fsp3) is 0.818. The zero-order valence-corrected chi connectivity index (χ0v) is 11.0. The van der Waals surface area contributed by atoms with Crippen molar-refractivity contribution in [3.05, 3.63) is 0 Å². The average Bonchev–Trinajstić information content (AvgIpc) is 2.30. The average molecular weight is 244 g/mol. The first-order valence-corrected chi connectivity index (χ1v) is 5.90. The summed E-state index contributed by atoms with van der Waals surface area (Å²) in [5.41, 5.74) is 0.0870. The maximum atomic E-state index is 11.2. The molecule has 0 saturated carbocycles. The Balaban J connectivity index is 3.27. The zero-order chi connectivity index (χ0) is 13.1. The van der Waals surface area contributed by atoms with E-state index in [1.807, 2.05) is 0 Å². The first kappa shape index (κ1) is 15.9. The van der Waals surface area contributed by atoms with Crippen LogP contribution in [-0.2, 0) is 4.79 Å². The largest absolute Gasteiger partial charge is 0.410 e. The van der Waals surface area contributed by atoms with Gasteiger partial charge in [0.2, 0.25) is 0 Å².